The second-order valence-electron chi connectivity index (χ2n) is 7.85. The summed E-state index contributed by atoms with van der Waals surface area (Å²) in [6.45, 7) is 0. The molecule has 3 heterocycles. The number of halogens is 2. The van der Waals surface area contributed by atoms with Crippen molar-refractivity contribution in [3.63, 3.8) is 0 Å². The van der Waals surface area contributed by atoms with Crippen LogP contribution in [0.1, 0.15) is 17.0 Å². The Labute approximate surface area is 192 Å². The lowest BCUT2D eigenvalue weighted by molar-refractivity contribution is 0.628. The van der Waals surface area contributed by atoms with Crippen molar-refractivity contribution in [2.24, 2.45) is 0 Å². The Bertz CT molecular complexity index is 1600. The van der Waals surface area contributed by atoms with Crippen LogP contribution in [0.3, 0.4) is 0 Å². The number of rotatable bonds is 2. The molecule has 0 aliphatic carbocycles. The number of hydrogen-bond donors (Lipinski definition) is 0. The number of thioether (sulfide) groups is 1. The number of benzene rings is 3. The molecule has 1 atom stereocenters. The fourth-order valence-electron chi connectivity index (χ4n) is 4.46. The monoisotopic (exact) mass is 458 g/mol. The van der Waals surface area contributed by atoms with Crippen molar-refractivity contribution < 1.29 is 4.39 Å². The molecule has 156 valence electrons. The Balaban J connectivity index is 1.64. The fraction of sp³-hybridized carbons (Fsp3) is 0.0769. The summed E-state index contributed by atoms with van der Waals surface area (Å²) in [6, 6.07) is 22.4. The number of nitrogens with zero attached hydrogens (tertiary/aromatic N) is 2. The Morgan fingerprint density at radius 3 is 2.78 bits per heavy atom. The molecule has 0 saturated heterocycles. The molecule has 1 unspecified atom stereocenters. The smallest absolute Gasteiger partial charge is 0.255 e. The maximum absolute atomic E-state index is 13.8. The van der Waals surface area contributed by atoms with E-state index in [1.54, 1.807) is 22.9 Å². The minimum Gasteiger partial charge on any atom is -0.276 e. The molecule has 1 aliphatic heterocycles. The van der Waals surface area contributed by atoms with Gasteiger partial charge in [-0.15, -0.1) is 11.8 Å². The van der Waals surface area contributed by atoms with Crippen molar-refractivity contribution >= 4 is 45.2 Å². The van der Waals surface area contributed by atoms with Gasteiger partial charge in [-0.2, -0.15) is 0 Å². The second-order valence-corrected chi connectivity index (χ2v) is 9.31. The Morgan fingerprint density at radius 2 is 1.91 bits per heavy atom. The second kappa shape index (κ2) is 7.47. The molecule has 0 spiro atoms. The lowest BCUT2D eigenvalue weighted by Crippen LogP contribution is -2.18. The topological polar surface area (TPSA) is 34.9 Å². The van der Waals surface area contributed by atoms with Crippen LogP contribution in [0, 0.1) is 5.82 Å². The van der Waals surface area contributed by atoms with E-state index < -0.39 is 5.82 Å². The van der Waals surface area contributed by atoms with Gasteiger partial charge in [-0.1, -0.05) is 35.9 Å². The quantitative estimate of drug-likeness (QED) is 0.281. The summed E-state index contributed by atoms with van der Waals surface area (Å²) in [5.41, 5.74) is 4.36. The number of pyridine rings is 2. The van der Waals surface area contributed by atoms with Crippen molar-refractivity contribution in [2.75, 3.05) is 5.75 Å². The van der Waals surface area contributed by atoms with Gasteiger partial charge in [0.25, 0.3) is 5.56 Å². The van der Waals surface area contributed by atoms with Gasteiger partial charge < -0.3 is 0 Å². The summed E-state index contributed by atoms with van der Waals surface area (Å²) in [4.78, 5) is 18.9. The first-order valence-electron chi connectivity index (χ1n) is 10.2. The van der Waals surface area contributed by atoms with Crippen molar-refractivity contribution in [2.45, 2.75) is 10.8 Å². The van der Waals surface area contributed by atoms with Crippen LogP contribution in [0.2, 0.25) is 5.02 Å². The molecule has 2 aromatic heterocycles. The van der Waals surface area contributed by atoms with Gasteiger partial charge >= 0.3 is 0 Å². The zero-order chi connectivity index (χ0) is 21.8. The first kappa shape index (κ1) is 19.5. The van der Waals surface area contributed by atoms with Gasteiger partial charge in [-0.25, -0.2) is 4.39 Å². The van der Waals surface area contributed by atoms with E-state index in [0.29, 0.717) is 5.69 Å². The molecule has 6 rings (SSSR count). The summed E-state index contributed by atoms with van der Waals surface area (Å²) in [6.07, 6.45) is 1.76. The maximum atomic E-state index is 13.8. The SMILES string of the molecule is O=c1ccc2cnc3ccc(C4CSc5ccccc54)cc3c2n1-c1ccc(F)c(Cl)c1. The van der Waals surface area contributed by atoms with E-state index >= 15 is 0 Å². The highest BCUT2D eigenvalue weighted by Crippen LogP contribution is 2.43. The Kier molecular flexibility index (Phi) is 4.56. The third-order valence-electron chi connectivity index (χ3n) is 6.01. The largest absolute Gasteiger partial charge is 0.276 e. The average molecular weight is 459 g/mol. The van der Waals surface area contributed by atoms with E-state index in [9.17, 15) is 9.18 Å². The molecule has 1 aliphatic rings. The number of aromatic nitrogens is 2. The third-order valence-corrected chi connectivity index (χ3v) is 7.48. The normalized spacial score (nSPS) is 15.4. The molecule has 0 radical (unpaired) electrons. The summed E-state index contributed by atoms with van der Waals surface area (Å²) >= 11 is 7.90. The molecular formula is C26H16ClFN2OS. The van der Waals surface area contributed by atoms with Gasteiger partial charge in [0, 0.05) is 39.6 Å². The fourth-order valence-corrected chi connectivity index (χ4v) is 5.91. The number of fused-ring (bicyclic) bond motifs is 4. The molecular weight excluding hydrogens is 443 g/mol. The summed E-state index contributed by atoms with van der Waals surface area (Å²) in [5.74, 6) is 0.735. The first-order valence-corrected chi connectivity index (χ1v) is 11.6. The summed E-state index contributed by atoms with van der Waals surface area (Å²) in [5, 5.41) is 1.69. The van der Waals surface area contributed by atoms with Gasteiger partial charge in [-0.05, 0) is 53.6 Å². The third kappa shape index (κ3) is 3.04. The molecule has 0 N–H and O–H groups in total. The Hall–Kier alpha value is -3.15. The summed E-state index contributed by atoms with van der Waals surface area (Å²) < 4.78 is 15.4. The molecule has 3 nitrogen and oxygen atoms in total. The van der Waals surface area contributed by atoms with Crippen LogP contribution in [0.25, 0.3) is 27.5 Å². The number of hydrogen-bond acceptors (Lipinski definition) is 3. The van der Waals surface area contributed by atoms with Crippen molar-refractivity contribution in [1.29, 1.82) is 0 Å². The van der Waals surface area contributed by atoms with Gasteiger partial charge in [0.1, 0.15) is 5.82 Å². The van der Waals surface area contributed by atoms with Gasteiger partial charge in [0.2, 0.25) is 0 Å². The van der Waals surface area contributed by atoms with Crippen LogP contribution in [-0.4, -0.2) is 15.3 Å². The molecule has 0 bridgehead atoms. The highest BCUT2D eigenvalue weighted by atomic mass is 35.5. The predicted octanol–water partition coefficient (Wildman–Crippen LogP) is 6.57. The summed E-state index contributed by atoms with van der Waals surface area (Å²) in [7, 11) is 0. The molecule has 5 aromatic rings. The molecule has 6 heteroatoms. The van der Waals surface area contributed by atoms with E-state index in [1.165, 1.54) is 34.2 Å². The van der Waals surface area contributed by atoms with Crippen LogP contribution in [0.4, 0.5) is 4.39 Å². The van der Waals surface area contributed by atoms with Gasteiger partial charge in [0.15, 0.2) is 0 Å². The van der Waals surface area contributed by atoms with E-state index in [0.717, 1.165) is 27.6 Å². The zero-order valence-corrected chi connectivity index (χ0v) is 18.3. The van der Waals surface area contributed by atoms with E-state index in [-0.39, 0.29) is 16.5 Å². The minimum absolute atomic E-state index is 0.0231. The van der Waals surface area contributed by atoms with Crippen LogP contribution in [0.5, 0.6) is 0 Å². The first-order chi connectivity index (χ1) is 15.6. The Morgan fingerprint density at radius 1 is 1.03 bits per heavy atom. The molecule has 0 fully saturated rings. The van der Waals surface area contributed by atoms with Crippen LogP contribution in [0.15, 0.2) is 88.7 Å². The average Bonchev–Trinajstić information content (AvgIpc) is 3.25. The van der Waals surface area contributed by atoms with Gasteiger partial charge in [0.05, 0.1) is 21.7 Å². The maximum Gasteiger partial charge on any atom is 0.255 e. The van der Waals surface area contributed by atoms with E-state index in [2.05, 4.69) is 41.4 Å². The van der Waals surface area contributed by atoms with Gasteiger partial charge in [-0.3, -0.25) is 14.3 Å². The molecule has 3 aromatic carbocycles. The molecule has 0 amide bonds. The molecule has 32 heavy (non-hydrogen) atoms. The van der Waals surface area contributed by atoms with Crippen LogP contribution >= 0.6 is 23.4 Å². The molecule has 0 saturated carbocycles. The van der Waals surface area contributed by atoms with Crippen molar-refractivity contribution in [3.05, 3.63) is 111 Å². The highest BCUT2D eigenvalue weighted by molar-refractivity contribution is 7.99. The van der Waals surface area contributed by atoms with E-state index in [1.807, 2.05) is 17.8 Å². The van der Waals surface area contributed by atoms with Crippen molar-refractivity contribution in [1.82, 2.24) is 9.55 Å². The lowest BCUT2D eigenvalue weighted by atomic mass is 9.92. The zero-order valence-electron chi connectivity index (χ0n) is 16.8. The van der Waals surface area contributed by atoms with Crippen LogP contribution < -0.4 is 5.56 Å². The minimum atomic E-state index is -0.519. The standard InChI is InChI=1S/C26H16ClFN2OS/c27-21-12-17(7-8-22(21)28)30-25(31)10-6-16-13-29-23-9-5-15(11-19(23)26(16)30)20-14-32-24-4-2-1-3-18(20)24/h1-13,20H,14H2. The lowest BCUT2D eigenvalue weighted by Gasteiger charge is -2.16. The van der Waals surface area contributed by atoms with E-state index in [4.69, 9.17) is 11.6 Å². The van der Waals surface area contributed by atoms with Crippen LogP contribution in [-0.2, 0) is 0 Å². The van der Waals surface area contributed by atoms with Crippen molar-refractivity contribution in [3.8, 4) is 5.69 Å². The highest BCUT2D eigenvalue weighted by Gasteiger charge is 2.25. The predicted molar refractivity (Wildman–Crippen MR) is 129 cm³/mol.